The van der Waals surface area contributed by atoms with Crippen LogP contribution in [-0.2, 0) is 10.2 Å². The van der Waals surface area contributed by atoms with Crippen molar-refractivity contribution in [2.75, 3.05) is 11.9 Å². The molecule has 4 bridgehead atoms. The molecule has 2 aromatic rings. The first-order valence-electron chi connectivity index (χ1n) is 11.9. The summed E-state index contributed by atoms with van der Waals surface area (Å²) in [4.78, 5) is 28.2. The lowest BCUT2D eigenvalue weighted by atomic mass is 9.48. The summed E-state index contributed by atoms with van der Waals surface area (Å²) in [6.07, 6.45) is 10.0. The summed E-state index contributed by atoms with van der Waals surface area (Å²) in [7, 11) is 0. The molecule has 1 atom stereocenters. The Balaban J connectivity index is 1.15. The smallest absolute Gasteiger partial charge is 0.264 e. The maximum Gasteiger partial charge on any atom is 0.264 e. The fourth-order valence-corrected chi connectivity index (χ4v) is 8.10. The molecule has 2 amide bonds. The molecule has 1 aromatic carbocycles. The van der Waals surface area contributed by atoms with Gasteiger partial charge in [0.15, 0.2) is 0 Å². The zero-order chi connectivity index (χ0) is 21.0. The van der Waals surface area contributed by atoms with E-state index in [1.807, 2.05) is 17.5 Å². The van der Waals surface area contributed by atoms with Gasteiger partial charge in [-0.25, -0.2) is 0 Å². The topological polar surface area (TPSA) is 49.4 Å². The van der Waals surface area contributed by atoms with Gasteiger partial charge < -0.3 is 10.2 Å². The van der Waals surface area contributed by atoms with Crippen LogP contribution in [0.5, 0.6) is 0 Å². The molecule has 1 aliphatic heterocycles. The molecule has 5 heteroatoms. The van der Waals surface area contributed by atoms with E-state index in [9.17, 15) is 9.59 Å². The number of likely N-dealkylation sites (tertiary alicyclic amines) is 1. The van der Waals surface area contributed by atoms with E-state index >= 15 is 0 Å². The molecular weight excluding hydrogens is 404 g/mol. The second-order valence-corrected chi connectivity index (χ2v) is 11.3. The van der Waals surface area contributed by atoms with Gasteiger partial charge in [0.25, 0.3) is 5.91 Å². The third-order valence-electron chi connectivity index (χ3n) is 8.35. The van der Waals surface area contributed by atoms with Crippen LogP contribution in [0, 0.1) is 17.8 Å². The van der Waals surface area contributed by atoms with Gasteiger partial charge in [0, 0.05) is 12.2 Å². The lowest BCUT2D eigenvalue weighted by Crippen LogP contribution is -2.48. The van der Waals surface area contributed by atoms with Crippen molar-refractivity contribution in [2.45, 2.75) is 62.8 Å². The molecule has 1 aromatic heterocycles. The zero-order valence-electron chi connectivity index (χ0n) is 17.9. The summed E-state index contributed by atoms with van der Waals surface area (Å²) in [6.45, 7) is 0.653. The maximum atomic E-state index is 13.0. The van der Waals surface area contributed by atoms with Crippen LogP contribution in [0.25, 0.3) is 0 Å². The van der Waals surface area contributed by atoms with E-state index in [1.165, 1.54) is 55.4 Å². The first kappa shape index (κ1) is 19.5. The SMILES string of the molecule is O=C(Nc1ccc(C23CC4CC(CC(C4)C2)C3)cc1)[C@@H]1CCCN1C(=O)c1cccs1. The van der Waals surface area contributed by atoms with Crippen LogP contribution >= 0.6 is 11.3 Å². The second-order valence-electron chi connectivity index (χ2n) is 10.4. The van der Waals surface area contributed by atoms with Crippen molar-refractivity contribution < 1.29 is 9.59 Å². The van der Waals surface area contributed by atoms with Crippen LogP contribution in [0.15, 0.2) is 41.8 Å². The largest absolute Gasteiger partial charge is 0.326 e. The number of amides is 2. The maximum absolute atomic E-state index is 13.0. The van der Waals surface area contributed by atoms with Gasteiger partial charge in [0.2, 0.25) is 5.91 Å². The molecule has 4 nitrogen and oxygen atoms in total. The normalized spacial score (nSPS) is 33.6. The molecule has 0 radical (unpaired) electrons. The molecular formula is C26H30N2O2S. The standard InChI is InChI=1S/C26H30N2O2S/c29-24(22-3-1-9-28(22)25(30)23-4-2-10-31-23)27-21-7-5-20(6-8-21)26-14-17-11-18(15-26)13-19(12-17)16-26/h2,4-8,10,17-19,22H,1,3,9,11-16H2,(H,27,29)/t17?,18?,19?,22-,26?/m0/s1. The molecule has 0 unspecified atom stereocenters. The summed E-state index contributed by atoms with van der Waals surface area (Å²) < 4.78 is 0. The summed E-state index contributed by atoms with van der Waals surface area (Å²) >= 11 is 1.44. The van der Waals surface area contributed by atoms with E-state index in [-0.39, 0.29) is 17.9 Å². The third kappa shape index (κ3) is 3.42. The highest BCUT2D eigenvalue weighted by Crippen LogP contribution is 2.60. The Morgan fingerprint density at radius 2 is 1.65 bits per heavy atom. The first-order chi connectivity index (χ1) is 15.1. The molecule has 4 saturated carbocycles. The van der Waals surface area contributed by atoms with Gasteiger partial charge in [-0.2, -0.15) is 0 Å². The predicted octanol–water partition coefficient (Wildman–Crippen LogP) is 5.46. The molecule has 1 N–H and O–H groups in total. The minimum atomic E-state index is -0.377. The summed E-state index contributed by atoms with van der Waals surface area (Å²) in [5.74, 6) is 2.70. The predicted molar refractivity (Wildman–Crippen MR) is 123 cm³/mol. The molecule has 31 heavy (non-hydrogen) atoms. The highest BCUT2D eigenvalue weighted by Gasteiger charge is 2.51. The van der Waals surface area contributed by atoms with Gasteiger partial charge in [0.05, 0.1) is 4.88 Å². The number of anilines is 1. The number of hydrogen-bond acceptors (Lipinski definition) is 3. The van der Waals surface area contributed by atoms with Crippen molar-refractivity contribution in [1.29, 1.82) is 0 Å². The summed E-state index contributed by atoms with van der Waals surface area (Å²) in [6, 6.07) is 12.0. The average molecular weight is 435 g/mol. The number of carbonyl (C=O) groups excluding carboxylic acids is 2. The van der Waals surface area contributed by atoms with E-state index in [0.717, 1.165) is 36.3 Å². The third-order valence-corrected chi connectivity index (χ3v) is 9.21. The van der Waals surface area contributed by atoms with Gasteiger partial charge in [-0.1, -0.05) is 18.2 Å². The van der Waals surface area contributed by atoms with Crippen molar-refractivity contribution in [3.05, 3.63) is 52.2 Å². The molecule has 1 saturated heterocycles. The highest BCUT2D eigenvalue weighted by molar-refractivity contribution is 7.12. The van der Waals surface area contributed by atoms with Crippen LogP contribution in [-0.4, -0.2) is 29.3 Å². The Labute approximate surface area is 188 Å². The van der Waals surface area contributed by atoms with E-state index in [1.54, 1.807) is 4.90 Å². The Hall–Kier alpha value is -2.14. The fraction of sp³-hybridized carbons (Fsp3) is 0.538. The molecule has 5 aliphatic rings. The number of hydrogen-bond donors (Lipinski definition) is 1. The van der Waals surface area contributed by atoms with E-state index in [0.29, 0.717) is 16.8 Å². The Bertz CT molecular complexity index is 946. The Morgan fingerprint density at radius 3 is 2.26 bits per heavy atom. The number of nitrogens with one attached hydrogen (secondary N) is 1. The lowest BCUT2D eigenvalue weighted by Gasteiger charge is -2.57. The highest BCUT2D eigenvalue weighted by atomic mass is 32.1. The molecule has 4 aliphatic carbocycles. The zero-order valence-corrected chi connectivity index (χ0v) is 18.7. The van der Waals surface area contributed by atoms with Crippen LogP contribution in [0.1, 0.15) is 66.6 Å². The first-order valence-corrected chi connectivity index (χ1v) is 12.7. The lowest BCUT2D eigenvalue weighted by molar-refractivity contribution is -0.119. The van der Waals surface area contributed by atoms with E-state index in [4.69, 9.17) is 0 Å². The number of rotatable bonds is 4. The van der Waals surface area contributed by atoms with Crippen molar-refractivity contribution in [3.8, 4) is 0 Å². The Kier molecular flexibility index (Phi) is 4.71. The second kappa shape index (κ2) is 7.47. The minimum absolute atomic E-state index is 0.0233. The van der Waals surface area contributed by atoms with Crippen LogP contribution < -0.4 is 5.32 Å². The molecule has 5 fully saturated rings. The number of nitrogens with zero attached hydrogens (tertiary/aromatic N) is 1. The van der Waals surface area contributed by atoms with Crippen LogP contribution in [0.3, 0.4) is 0 Å². The average Bonchev–Trinajstić information content (AvgIpc) is 3.45. The van der Waals surface area contributed by atoms with E-state index < -0.39 is 0 Å². The monoisotopic (exact) mass is 434 g/mol. The van der Waals surface area contributed by atoms with Gasteiger partial charge in [-0.15, -0.1) is 11.3 Å². The quantitative estimate of drug-likeness (QED) is 0.695. The van der Waals surface area contributed by atoms with E-state index in [2.05, 4.69) is 29.6 Å². The van der Waals surface area contributed by atoms with Gasteiger partial charge in [0.1, 0.15) is 6.04 Å². The van der Waals surface area contributed by atoms with Crippen molar-refractivity contribution in [3.63, 3.8) is 0 Å². The van der Waals surface area contributed by atoms with Gasteiger partial charge in [-0.05, 0) is 104 Å². The fourth-order valence-electron chi connectivity index (χ4n) is 7.42. The van der Waals surface area contributed by atoms with Crippen molar-refractivity contribution in [2.24, 2.45) is 17.8 Å². The number of carbonyl (C=O) groups is 2. The molecule has 2 heterocycles. The summed E-state index contributed by atoms with van der Waals surface area (Å²) in [5.41, 5.74) is 2.70. The van der Waals surface area contributed by atoms with Gasteiger partial charge in [-0.3, -0.25) is 9.59 Å². The van der Waals surface area contributed by atoms with Crippen LogP contribution in [0.4, 0.5) is 5.69 Å². The number of benzene rings is 1. The van der Waals surface area contributed by atoms with Crippen LogP contribution in [0.2, 0.25) is 0 Å². The summed E-state index contributed by atoms with van der Waals surface area (Å²) in [5, 5.41) is 4.99. The van der Waals surface area contributed by atoms with Gasteiger partial charge >= 0.3 is 0 Å². The molecule has 7 rings (SSSR count). The van der Waals surface area contributed by atoms with Crippen molar-refractivity contribution in [1.82, 2.24) is 4.90 Å². The molecule has 0 spiro atoms. The molecule has 162 valence electrons. The van der Waals surface area contributed by atoms with Crippen molar-refractivity contribution >= 4 is 28.8 Å². The Morgan fingerprint density at radius 1 is 0.968 bits per heavy atom. The number of thiophene rings is 1. The minimum Gasteiger partial charge on any atom is -0.326 e.